The first-order chi connectivity index (χ1) is 12.5. The largest absolute Gasteiger partial charge is 0.354 e. The van der Waals surface area contributed by atoms with Crippen LogP contribution in [0.4, 0.5) is 5.69 Å². The standard InChI is InChI=1S/C18H15N3O5/c22-15(19-10-9-12-5-2-1-3-6-12)11-20-17(23)13-7-4-8-14(21(25)26)16(13)18(20)24/h1-8H,9-11H2,(H,19,22). The third-order valence-electron chi connectivity index (χ3n) is 4.05. The Morgan fingerprint density at radius 3 is 2.46 bits per heavy atom. The van der Waals surface area contributed by atoms with Crippen LogP contribution in [0.2, 0.25) is 0 Å². The number of rotatable bonds is 6. The van der Waals surface area contributed by atoms with Gasteiger partial charge in [0.05, 0.1) is 10.5 Å². The van der Waals surface area contributed by atoms with Crippen molar-refractivity contribution in [2.45, 2.75) is 6.42 Å². The molecule has 2 aromatic carbocycles. The van der Waals surface area contributed by atoms with Crippen LogP contribution in [-0.4, -0.2) is 40.6 Å². The molecule has 1 aliphatic heterocycles. The topological polar surface area (TPSA) is 110 Å². The highest BCUT2D eigenvalue weighted by Gasteiger charge is 2.41. The van der Waals surface area contributed by atoms with Gasteiger partial charge >= 0.3 is 0 Å². The molecule has 0 bridgehead atoms. The zero-order chi connectivity index (χ0) is 18.7. The van der Waals surface area contributed by atoms with Gasteiger partial charge in [-0.1, -0.05) is 36.4 Å². The Kier molecular flexibility index (Phi) is 4.74. The van der Waals surface area contributed by atoms with Crippen LogP contribution in [0, 0.1) is 10.1 Å². The number of imide groups is 1. The summed E-state index contributed by atoms with van der Waals surface area (Å²) >= 11 is 0. The molecule has 0 saturated carbocycles. The van der Waals surface area contributed by atoms with Crippen molar-refractivity contribution in [1.82, 2.24) is 10.2 Å². The molecule has 8 nitrogen and oxygen atoms in total. The molecule has 2 aromatic rings. The first-order valence-corrected chi connectivity index (χ1v) is 7.93. The van der Waals surface area contributed by atoms with Gasteiger partial charge in [-0.25, -0.2) is 0 Å². The lowest BCUT2D eigenvalue weighted by atomic mass is 10.1. The molecule has 0 unspecified atom stereocenters. The minimum absolute atomic E-state index is 0.0544. The SMILES string of the molecule is O=C(CN1C(=O)c2cccc([N+](=O)[O-])c2C1=O)NCCc1ccccc1. The fourth-order valence-electron chi connectivity index (χ4n) is 2.80. The smallest absolute Gasteiger partial charge is 0.282 e. The molecule has 0 fully saturated rings. The zero-order valence-corrected chi connectivity index (χ0v) is 13.7. The number of carbonyl (C=O) groups excluding carboxylic acids is 3. The highest BCUT2D eigenvalue weighted by atomic mass is 16.6. The summed E-state index contributed by atoms with van der Waals surface area (Å²) in [5, 5.41) is 13.7. The van der Waals surface area contributed by atoms with E-state index in [0.29, 0.717) is 13.0 Å². The van der Waals surface area contributed by atoms with Gasteiger partial charge in [0.25, 0.3) is 17.5 Å². The molecule has 0 aliphatic carbocycles. The van der Waals surface area contributed by atoms with Crippen LogP contribution >= 0.6 is 0 Å². The third kappa shape index (κ3) is 3.30. The zero-order valence-electron chi connectivity index (χ0n) is 13.7. The maximum atomic E-state index is 12.4. The Morgan fingerprint density at radius 1 is 1.04 bits per heavy atom. The summed E-state index contributed by atoms with van der Waals surface area (Å²) in [5.74, 6) is -2.03. The van der Waals surface area contributed by atoms with Crippen LogP contribution in [-0.2, 0) is 11.2 Å². The summed E-state index contributed by atoms with van der Waals surface area (Å²) in [6.07, 6.45) is 0.611. The minimum atomic E-state index is -0.824. The lowest BCUT2D eigenvalue weighted by Crippen LogP contribution is -2.40. The molecule has 3 amide bonds. The summed E-state index contributed by atoms with van der Waals surface area (Å²) in [5.41, 5.74) is 0.290. The maximum absolute atomic E-state index is 12.4. The molecule has 0 radical (unpaired) electrons. The van der Waals surface area contributed by atoms with E-state index >= 15 is 0 Å². The van der Waals surface area contributed by atoms with Crippen molar-refractivity contribution in [2.75, 3.05) is 13.1 Å². The fraction of sp³-hybridized carbons (Fsp3) is 0.167. The van der Waals surface area contributed by atoms with Crippen molar-refractivity contribution in [3.05, 3.63) is 75.3 Å². The van der Waals surface area contributed by atoms with Crippen molar-refractivity contribution >= 4 is 23.4 Å². The second-order valence-electron chi connectivity index (χ2n) is 5.74. The molecular formula is C18H15N3O5. The van der Waals surface area contributed by atoms with E-state index in [4.69, 9.17) is 0 Å². The molecule has 26 heavy (non-hydrogen) atoms. The van der Waals surface area contributed by atoms with Gasteiger partial charge < -0.3 is 5.32 Å². The number of nitro benzene ring substituents is 1. The quantitative estimate of drug-likeness (QED) is 0.481. The highest BCUT2D eigenvalue weighted by Crippen LogP contribution is 2.30. The second-order valence-corrected chi connectivity index (χ2v) is 5.74. The van der Waals surface area contributed by atoms with Gasteiger partial charge in [0.15, 0.2) is 0 Å². The van der Waals surface area contributed by atoms with Gasteiger partial charge in [-0.3, -0.25) is 29.4 Å². The van der Waals surface area contributed by atoms with E-state index in [2.05, 4.69) is 5.32 Å². The lowest BCUT2D eigenvalue weighted by Gasteiger charge is -2.13. The van der Waals surface area contributed by atoms with Crippen LogP contribution in [0.25, 0.3) is 0 Å². The van der Waals surface area contributed by atoms with Gasteiger partial charge in [-0.2, -0.15) is 0 Å². The Hall–Kier alpha value is -3.55. The number of nitro groups is 1. The molecule has 0 aromatic heterocycles. The number of amides is 3. The van der Waals surface area contributed by atoms with E-state index in [1.54, 1.807) is 0 Å². The molecule has 1 heterocycles. The molecule has 1 N–H and O–H groups in total. The number of carbonyl (C=O) groups is 3. The van der Waals surface area contributed by atoms with Crippen molar-refractivity contribution in [1.29, 1.82) is 0 Å². The van der Waals surface area contributed by atoms with Gasteiger partial charge in [0.1, 0.15) is 12.1 Å². The Bertz CT molecular complexity index is 895. The summed E-state index contributed by atoms with van der Waals surface area (Å²) in [6, 6.07) is 13.4. The van der Waals surface area contributed by atoms with Crippen molar-refractivity contribution < 1.29 is 19.3 Å². The molecule has 0 atom stereocenters. The van der Waals surface area contributed by atoms with Crippen molar-refractivity contribution in [3.63, 3.8) is 0 Å². The van der Waals surface area contributed by atoms with E-state index in [-0.39, 0.29) is 11.1 Å². The Labute approximate surface area is 148 Å². The summed E-state index contributed by atoms with van der Waals surface area (Å²) in [4.78, 5) is 47.8. The molecule has 1 aliphatic rings. The van der Waals surface area contributed by atoms with Gasteiger partial charge in [-0.15, -0.1) is 0 Å². The predicted octanol–water partition coefficient (Wildman–Crippen LogP) is 1.55. The number of hydrogen-bond donors (Lipinski definition) is 1. The predicted molar refractivity (Wildman–Crippen MR) is 91.6 cm³/mol. The van der Waals surface area contributed by atoms with Crippen molar-refractivity contribution in [2.24, 2.45) is 0 Å². The molecule has 0 saturated heterocycles. The first-order valence-electron chi connectivity index (χ1n) is 7.93. The van der Waals surface area contributed by atoms with E-state index in [9.17, 15) is 24.5 Å². The maximum Gasteiger partial charge on any atom is 0.282 e. The average Bonchev–Trinajstić information content (AvgIpc) is 2.87. The Balaban J connectivity index is 1.64. The normalized spacial score (nSPS) is 12.8. The van der Waals surface area contributed by atoms with Crippen LogP contribution in [0.1, 0.15) is 26.3 Å². The molecular weight excluding hydrogens is 338 g/mol. The number of benzene rings is 2. The van der Waals surface area contributed by atoms with Crippen LogP contribution in [0.3, 0.4) is 0 Å². The van der Waals surface area contributed by atoms with E-state index in [1.807, 2.05) is 30.3 Å². The molecule has 132 valence electrons. The summed E-state index contributed by atoms with van der Waals surface area (Å²) in [7, 11) is 0. The van der Waals surface area contributed by atoms with Crippen LogP contribution in [0.5, 0.6) is 0 Å². The minimum Gasteiger partial charge on any atom is -0.354 e. The Morgan fingerprint density at radius 2 is 1.77 bits per heavy atom. The average molecular weight is 353 g/mol. The van der Waals surface area contributed by atoms with Gasteiger partial charge in [-0.05, 0) is 18.1 Å². The first kappa shape index (κ1) is 17.3. The number of nitrogens with zero attached hydrogens (tertiary/aromatic N) is 2. The number of hydrogen-bond acceptors (Lipinski definition) is 5. The van der Waals surface area contributed by atoms with E-state index < -0.39 is 34.9 Å². The van der Waals surface area contributed by atoms with Crippen LogP contribution in [0.15, 0.2) is 48.5 Å². The molecule has 8 heteroatoms. The number of nitrogens with one attached hydrogen (secondary N) is 1. The van der Waals surface area contributed by atoms with Crippen molar-refractivity contribution in [3.8, 4) is 0 Å². The molecule has 3 rings (SSSR count). The van der Waals surface area contributed by atoms with Crippen LogP contribution < -0.4 is 5.32 Å². The van der Waals surface area contributed by atoms with E-state index in [0.717, 1.165) is 16.5 Å². The second kappa shape index (κ2) is 7.14. The molecule has 0 spiro atoms. The number of fused-ring (bicyclic) bond motifs is 1. The summed E-state index contributed by atoms with van der Waals surface area (Å²) < 4.78 is 0. The van der Waals surface area contributed by atoms with E-state index in [1.165, 1.54) is 12.1 Å². The third-order valence-corrected chi connectivity index (χ3v) is 4.05. The fourth-order valence-corrected chi connectivity index (χ4v) is 2.80. The monoisotopic (exact) mass is 353 g/mol. The van der Waals surface area contributed by atoms with Gasteiger partial charge in [0, 0.05) is 12.6 Å². The lowest BCUT2D eigenvalue weighted by molar-refractivity contribution is -0.385. The highest BCUT2D eigenvalue weighted by molar-refractivity contribution is 6.24. The summed E-state index contributed by atoms with van der Waals surface area (Å²) in [6.45, 7) is -0.121. The van der Waals surface area contributed by atoms with Gasteiger partial charge in [0.2, 0.25) is 5.91 Å².